The highest BCUT2D eigenvalue weighted by Crippen LogP contribution is 2.16. The molecule has 0 saturated carbocycles. The van der Waals surface area contributed by atoms with Gasteiger partial charge in [-0.05, 0) is 25.5 Å². The predicted molar refractivity (Wildman–Crippen MR) is 81.6 cm³/mol. The van der Waals surface area contributed by atoms with E-state index in [1.807, 2.05) is 42.9 Å². The summed E-state index contributed by atoms with van der Waals surface area (Å²) in [4.78, 5) is 37.3. The van der Waals surface area contributed by atoms with Gasteiger partial charge in [-0.2, -0.15) is 0 Å². The van der Waals surface area contributed by atoms with E-state index in [4.69, 9.17) is 0 Å². The van der Waals surface area contributed by atoms with Gasteiger partial charge in [0.2, 0.25) is 5.91 Å². The molecular formula is C16H21N3O3. The van der Waals surface area contributed by atoms with Gasteiger partial charge in [0.1, 0.15) is 12.2 Å². The van der Waals surface area contributed by atoms with Crippen LogP contribution in [0.15, 0.2) is 36.7 Å². The monoisotopic (exact) mass is 303 g/mol. The van der Waals surface area contributed by atoms with Crippen molar-refractivity contribution in [3.05, 3.63) is 36.7 Å². The molecule has 3 amide bonds. The van der Waals surface area contributed by atoms with Crippen LogP contribution in [0.1, 0.15) is 39.3 Å². The lowest BCUT2D eigenvalue weighted by Crippen LogP contribution is -2.50. The summed E-state index contributed by atoms with van der Waals surface area (Å²) in [5.41, 5.74) is 0. The van der Waals surface area contributed by atoms with Gasteiger partial charge in [-0.3, -0.25) is 19.3 Å². The zero-order valence-corrected chi connectivity index (χ0v) is 12.9. The molecule has 6 heteroatoms. The van der Waals surface area contributed by atoms with Crippen molar-refractivity contribution in [3.63, 3.8) is 0 Å². The molecule has 1 N–H and O–H groups in total. The number of hydrogen-bond acceptors (Lipinski definition) is 3. The van der Waals surface area contributed by atoms with Crippen molar-refractivity contribution in [1.82, 2.24) is 14.8 Å². The number of carbonyl (C=O) groups excluding carboxylic acids is 3. The van der Waals surface area contributed by atoms with Crippen molar-refractivity contribution in [2.45, 2.75) is 45.3 Å². The van der Waals surface area contributed by atoms with Gasteiger partial charge in [0.25, 0.3) is 11.8 Å². The lowest BCUT2D eigenvalue weighted by Gasteiger charge is -2.27. The minimum atomic E-state index is -0.757. The smallest absolute Gasteiger partial charge is 0.254 e. The van der Waals surface area contributed by atoms with Gasteiger partial charge >= 0.3 is 0 Å². The Hall–Kier alpha value is -2.37. The van der Waals surface area contributed by atoms with Crippen LogP contribution in [0.5, 0.6) is 0 Å². The quantitative estimate of drug-likeness (QED) is 0.778. The van der Waals surface area contributed by atoms with Crippen LogP contribution in [0, 0.1) is 0 Å². The molecule has 0 aliphatic carbocycles. The second kappa shape index (κ2) is 7.06. The molecule has 1 aromatic rings. The number of nitrogens with zero attached hydrogens (tertiary/aromatic N) is 2. The molecule has 0 radical (unpaired) electrons. The van der Waals surface area contributed by atoms with Crippen molar-refractivity contribution in [2.24, 2.45) is 0 Å². The summed E-state index contributed by atoms with van der Waals surface area (Å²) in [5, 5.41) is 2.86. The number of hydrogen-bond donors (Lipinski definition) is 1. The van der Waals surface area contributed by atoms with Crippen LogP contribution in [0.25, 0.3) is 0 Å². The van der Waals surface area contributed by atoms with Gasteiger partial charge in [-0.25, -0.2) is 0 Å². The average molecular weight is 303 g/mol. The average Bonchev–Trinajstić information content (AvgIpc) is 3.12. The molecule has 118 valence electrons. The molecule has 0 saturated heterocycles. The molecule has 2 heterocycles. The van der Waals surface area contributed by atoms with E-state index < -0.39 is 17.9 Å². The number of rotatable bonds is 7. The van der Waals surface area contributed by atoms with Crippen LogP contribution < -0.4 is 5.32 Å². The molecule has 22 heavy (non-hydrogen) atoms. The number of carbonyl (C=O) groups is 3. The second-order valence-electron chi connectivity index (χ2n) is 5.35. The highest BCUT2D eigenvalue weighted by molar-refractivity contribution is 6.15. The van der Waals surface area contributed by atoms with Crippen molar-refractivity contribution >= 4 is 17.7 Å². The first kappa shape index (κ1) is 16.0. The van der Waals surface area contributed by atoms with Crippen LogP contribution >= 0.6 is 0 Å². The van der Waals surface area contributed by atoms with E-state index in [-0.39, 0.29) is 12.1 Å². The Morgan fingerprint density at radius 3 is 2.32 bits per heavy atom. The van der Waals surface area contributed by atoms with Crippen molar-refractivity contribution in [2.75, 3.05) is 0 Å². The van der Waals surface area contributed by atoms with E-state index >= 15 is 0 Å². The number of aromatic nitrogens is 1. The Balaban J connectivity index is 2.09. The second-order valence-corrected chi connectivity index (χ2v) is 5.35. The standard InChI is InChI=1S/C16H21N3O3/c1-3-4-7-13(19-14(20)8-9-15(19)21)16(22)17-12(2)18-10-5-6-11-18/h5-6,8-13H,3-4,7H2,1-2H3,(H,17,22). The summed E-state index contributed by atoms with van der Waals surface area (Å²) in [6.45, 7) is 3.85. The molecule has 0 fully saturated rings. The summed E-state index contributed by atoms with van der Waals surface area (Å²) in [7, 11) is 0. The van der Waals surface area contributed by atoms with E-state index in [1.54, 1.807) is 0 Å². The molecule has 0 spiro atoms. The maximum Gasteiger partial charge on any atom is 0.254 e. The predicted octanol–water partition coefficient (Wildman–Crippen LogP) is 1.61. The first-order valence-electron chi connectivity index (χ1n) is 7.52. The molecule has 1 aromatic heterocycles. The molecule has 6 nitrogen and oxygen atoms in total. The van der Waals surface area contributed by atoms with Crippen molar-refractivity contribution < 1.29 is 14.4 Å². The van der Waals surface area contributed by atoms with E-state index in [1.165, 1.54) is 12.2 Å². The Labute approximate surface area is 129 Å². The number of unbranched alkanes of at least 4 members (excludes halogenated alkanes) is 1. The van der Waals surface area contributed by atoms with Gasteiger partial charge < -0.3 is 9.88 Å². The molecule has 0 aromatic carbocycles. The highest BCUT2D eigenvalue weighted by Gasteiger charge is 2.35. The Bertz CT molecular complexity index is 559. The number of nitrogens with one attached hydrogen (secondary N) is 1. The number of imide groups is 1. The van der Waals surface area contributed by atoms with Gasteiger partial charge in [0, 0.05) is 24.5 Å². The fourth-order valence-electron chi connectivity index (χ4n) is 2.48. The van der Waals surface area contributed by atoms with E-state index in [0.717, 1.165) is 17.7 Å². The molecule has 2 atom stereocenters. The molecular weight excluding hydrogens is 282 g/mol. The van der Waals surface area contributed by atoms with E-state index in [9.17, 15) is 14.4 Å². The van der Waals surface area contributed by atoms with Crippen LogP contribution in [0.4, 0.5) is 0 Å². The minimum Gasteiger partial charge on any atom is -0.334 e. The summed E-state index contributed by atoms with van der Waals surface area (Å²) in [6.07, 6.45) is 8.01. The van der Waals surface area contributed by atoms with Gasteiger partial charge in [0.15, 0.2) is 0 Å². The summed E-state index contributed by atoms with van der Waals surface area (Å²) < 4.78 is 1.85. The Kier molecular flexibility index (Phi) is 5.14. The third kappa shape index (κ3) is 3.44. The lowest BCUT2D eigenvalue weighted by atomic mass is 10.1. The van der Waals surface area contributed by atoms with Crippen molar-refractivity contribution in [3.8, 4) is 0 Å². The zero-order valence-electron chi connectivity index (χ0n) is 12.9. The van der Waals surface area contributed by atoms with E-state index in [2.05, 4.69) is 5.32 Å². The topological polar surface area (TPSA) is 71.4 Å². The minimum absolute atomic E-state index is 0.243. The van der Waals surface area contributed by atoms with Crippen LogP contribution in [-0.2, 0) is 14.4 Å². The molecule has 1 aliphatic rings. The van der Waals surface area contributed by atoms with Crippen molar-refractivity contribution in [1.29, 1.82) is 0 Å². The zero-order chi connectivity index (χ0) is 16.1. The molecule has 2 unspecified atom stereocenters. The third-order valence-electron chi connectivity index (χ3n) is 3.71. The lowest BCUT2D eigenvalue weighted by molar-refractivity contribution is -0.146. The normalized spacial score (nSPS) is 16.9. The first-order chi connectivity index (χ1) is 10.5. The third-order valence-corrected chi connectivity index (χ3v) is 3.71. The summed E-state index contributed by atoms with van der Waals surface area (Å²) in [6, 6.07) is 2.98. The maximum atomic E-state index is 12.5. The molecule has 0 bridgehead atoms. The first-order valence-corrected chi connectivity index (χ1v) is 7.52. The van der Waals surface area contributed by atoms with Gasteiger partial charge in [0.05, 0.1) is 0 Å². The highest BCUT2D eigenvalue weighted by atomic mass is 16.2. The maximum absolute atomic E-state index is 12.5. The molecule has 1 aliphatic heterocycles. The van der Waals surface area contributed by atoms with Crippen LogP contribution in [0.2, 0.25) is 0 Å². The molecule has 2 rings (SSSR count). The SMILES string of the molecule is CCCCC(C(=O)NC(C)n1cccc1)N1C(=O)C=CC1=O. The Morgan fingerprint density at radius 2 is 1.77 bits per heavy atom. The summed E-state index contributed by atoms with van der Waals surface area (Å²) in [5.74, 6) is -1.15. The Morgan fingerprint density at radius 1 is 1.18 bits per heavy atom. The number of amides is 3. The van der Waals surface area contributed by atoms with E-state index in [0.29, 0.717) is 6.42 Å². The fourth-order valence-corrected chi connectivity index (χ4v) is 2.48. The van der Waals surface area contributed by atoms with Crippen LogP contribution in [0.3, 0.4) is 0 Å². The van der Waals surface area contributed by atoms with Crippen LogP contribution in [-0.4, -0.2) is 33.2 Å². The largest absolute Gasteiger partial charge is 0.334 e. The van der Waals surface area contributed by atoms with Gasteiger partial charge in [-0.1, -0.05) is 19.8 Å². The fraction of sp³-hybridized carbons (Fsp3) is 0.438. The summed E-state index contributed by atoms with van der Waals surface area (Å²) >= 11 is 0. The van der Waals surface area contributed by atoms with Gasteiger partial charge in [-0.15, -0.1) is 0 Å².